The Balaban J connectivity index is 2.67. The maximum absolute atomic E-state index is 11.2. The van der Waals surface area contributed by atoms with Gasteiger partial charge in [-0.3, -0.25) is 0 Å². The van der Waals surface area contributed by atoms with E-state index in [0.29, 0.717) is 19.1 Å². The van der Waals surface area contributed by atoms with Crippen molar-refractivity contribution in [3.8, 4) is 0 Å². The van der Waals surface area contributed by atoms with E-state index in [1.807, 2.05) is 11.5 Å². The van der Waals surface area contributed by atoms with Gasteiger partial charge >= 0.3 is 0 Å². The highest BCUT2D eigenvalue weighted by Gasteiger charge is 2.14. The Labute approximate surface area is 102 Å². The molecular formula is C10H19N3O3S. The molecule has 6 nitrogen and oxygen atoms in total. The molecule has 7 heteroatoms. The van der Waals surface area contributed by atoms with Crippen LogP contribution in [0.1, 0.15) is 13.0 Å². The normalized spacial score (nSPS) is 13.6. The van der Waals surface area contributed by atoms with Crippen molar-refractivity contribution in [2.75, 3.05) is 37.6 Å². The van der Waals surface area contributed by atoms with E-state index in [4.69, 9.17) is 4.74 Å². The molecule has 0 fully saturated rings. The fourth-order valence-corrected chi connectivity index (χ4v) is 2.63. The van der Waals surface area contributed by atoms with Crippen molar-refractivity contribution >= 4 is 15.8 Å². The van der Waals surface area contributed by atoms with E-state index in [-0.39, 0.29) is 11.8 Å². The second kappa shape index (κ2) is 6.02. The molecule has 17 heavy (non-hydrogen) atoms. The summed E-state index contributed by atoms with van der Waals surface area (Å²) in [6.07, 6.45) is 4.65. The lowest BCUT2D eigenvalue weighted by atomic mass is 10.4. The third-order valence-corrected chi connectivity index (χ3v) is 3.36. The van der Waals surface area contributed by atoms with Crippen molar-refractivity contribution in [3.05, 3.63) is 12.4 Å². The molecule has 1 unspecified atom stereocenters. The molecule has 1 rings (SSSR count). The van der Waals surface area contributed by atoms with E-state index in [2.05, 4.69) is 10.3 Å². The molecule has 1 N–H and O–H groups in total. The summed E-state index contributed by atoms with van der Waals surface area (Å²) in [4.78, 5) is 4.14. The molecule has 98 valence electrons. The van der Waals surface area contributed by atoms with Crippen molar-refractivity contribution < 1.29 is 13.2 Å². The summed E-state index contributed by atoms with van der Waals surface area (Å²) in [6, 6.07) is -0.141. The first-order chi connectivity index (χ1) is 7.94. The summed E-state index contributed by atoms with van der Waals surface area (Å²) in [6.45, 7) is 3.07. The van der Waals surface area contributed by atoms with Gasteiger partial charge in [0.05, 0.1) is 12.4 Å². The minimum Gasteiger partial charge on any atom is -0.383 e. The number of ether oxygens (including phenoxy) is 1. The average Bonchev–Trinajstić information content (AvgIpc) is 2.64. The number of imidazole rings is 1. The number of nitrogens with zero attached hydrogens (tertiary/aromatic N) is 2. The fraction of sp³-hybridized carbons (Fsp3) is 0.700. The minimum absolute atomic E-state index is 0.0995. The van der Waals surface area contributed by atoms with Crippen molar-refractivity contribution in [2.45, 2.75) is 13.0 Å². The van der Waals surface area contributed by atoms with Crippen LogP contribution in [0.15, 0.2) is 12.4 Å². The molecule has 0 saturated heterocycles. The van der Waals surface area contributed by atoms with Gasteiger partial charge in [0, 0.05) is 38.3 Å². The Bertz CT molecular complexity index is 441. The molecule has 0 radical (unpaired) electrons. The lowest BCUT2D eigenvalue weighted by Gasteiger charge is -2.16. The Morgan fingerprint density at radius 2 is 2.29 bits per heavy atom. The number of methoxy groups -OCH3 is 1. The molecule has 0 amide bonds. The van der Waals surface area contributed by atoms with Crippen molar-refractivity contribution in [2.24, 2.45) is 0 Å². The summed E-state index contributed by atoms with van der Waals surface area (Å²) in [5.74, 6) is 0.765. The minimum atomic E-state index is -2.99. The molecule has 0 aromatic carbocycles. The molecule has 1 aromatic heterocycles. The predicted molar refractivity (Wildman–Crippen MR) is 67.0 cm³/mol. The zero-order valence-electron chi connectivity index (χ0n) is 10.4. The molecule has 0 aliphatic carbocycles. The number of anilines is 1. The van der Waals surface area contributed by atoms with Gasteiger partial charge in [-0.2, -0.15) is 0 Å². The van der Waals surface area contributed by atoms with Crippen LogP contribution >= 0.6 is 0 Å². The molecule has 0 spiro atoms. The van der Waals surface area contributed by atoms with Crippen LogP contribution in [-0.2, 0) is 14.6 Å². The van der Waals surface area contributed by atoms with Crippen LogP contribution in [0.25, 0.3) is 0 Å². The maximum Gasteiger partial charge on any atom is 0.203 e. The summed E-state index contributed by atoms with van der Waals surface area (Å²) in [5.41, 5.74) is 0. The van der Waals surface area contributed by atoms with E-state index in [9.17, 15) is 8.42 Å². The Kier molecular flexibility index (Phi) is 4.95. The first kappa shape index (κ1) is 14.0. The highest BCUT2D eigenvalue weighted by Crippen LogP contribution is 2.14. The predicted octanol–water partition coefficient (Wildman–Crippen LogP) is 0.547. The quantitative estimate of drug-likeness (QED) is 0.725. The lowest BCUT2D eigenvalue weighted by molar-refractivity contribution is 0.210. The van der Waals surface area contributed by atoms with E-state index in [1.54, 1.807) is 19.5 Å². The molecule has 1 aromatic rings. The highest BCUT2D eigenvalue weighted by atomic mass is 32.2. The van der Waals surface area contributed by atoms with E-state index < -0.39 is 9.84 Å². The fourth-order valence-electron chi connectivity index (χ4n) is 1.59. The Morgan fingerprint density at radius 1 is 1.59 bits per heavy atom. The average molecular weight is 261 g/mol. The summed E-state index contributed by atoms with van der Waals surface area (Å²) in [7, 11) is -1.37. The number of sulfone groups is 1. The van der Waals surface area contributed by atoms with Crippen molar-refractivity contribution in [1.82, 2.24) is 9.55 Å². The Morgan fingerprint density at radius 3 is 2.88 bits per heavy atom. The molecule has 1 atom stereocenters. The zero-order chi connectivity index (χ0) is 12.9. The number of rotatable bonds is 7. The third kappa shape index (κ3) is 4.74. The first-order valence-corrected chi connectivity index (χ1v) is 7.43. The number of hydrogen-bond acceptors (Lipinski definition) is 5. The third-order valence-electron chi connectivity index (χ3n) is 2.28. The molecule has 0 bridgehead atoms. The largest absolute Gasteiger partial charge is 0.383 e. The van der Waals surface area contributed by atoms with Crippen molar-refractivity contribution in [3.63, 3.8) is 0 Å². The smallest absolute Gasteiger partial charge is 0.203 e. The molecule has 0 aliphatic heterocycles. The van der Waals surface area contributed by atoms with Crippen molar-refractivity contribution in [1.29, 1.82) is 0 Å². The number of aromatic nitrogens is 2. The zero-order valence-corrected chi connectivity index (χ0v) is 11.2. The summed E-state index contributed by atoms with van der Waals surface area (Å²) in [5, 5.41) is 3.09. The van der Waals surface area contributed by atoms with Crippen LogP contribution in [0, 0.1) is 0 Å². The Hall–Kier alpha value is -1.08. The van der Waals surface area contributed by atoms with Gasteiger partial charge in [0.1, 0.15) is 9.84 Å². The van der Waals surface area contributed by atoms with Gasteiger partial charge in [0.2, 0.25) is 5.95 Å². The van der Waals surface area contributed by atoms with Gasteiger partial charge in [0.15, 0.2) is 0 Å². The summed E-state index contributed by atoms with van der Waals surface area (Å²) < 4.78 is 29.2. The SMILES string of the molecule is COCCNc1nccn1C(C)CS(C)(=O)=O. The van der Waals surface area contributed by atoms with Gasteiger partial charge in [-0.25, -0.2) is 13.4 Å². The van der Waals surface area contributed by atoms with E-state index in [1.165, 1.54) is 6.26 Å². The van der Waals surface area contributed by atoms with Crippen LogP contribution in [0.3, 0.4) is 0 Å². The van der Waals surface area contributed by atoms with E-state index >= 15 is 0 Å². The molecule has 0 saturated carbocycles. The molecule has 0 aliphatic rings. The second-order valence-corrected chi connectivity index (χ2v) is 6.20. The van der Waals surface area contributed by atoms with E-state index in [0.717, 1.165) is 0 Å². The first-order valence-electron chi connectivity index (χ1n) is 5.37. The standard InChI is InChI=1S/C10H19N3O3S/c1-9(8-17(3,14)15)13-6-4-11-10(13)12-5-7-16-2/h4,6,9H,5,7-8H2,1-3H3,(H,11,12). The van der Waals surface area contributed by atoms with Gasteiger partial charge in [0.25, 0.3) is 0 Å². The van der Waals surface area contributed by atoms with Crippen LogP contribution in [0.2, 0.25) is 0 Å². The van der Waals surface area contributed by atoms with Gasteiger partial charge < -0.3 is 14.6 Å². The summed E-state index contributed by atoms with van der Waals surface area (Å²) >= 11 is 0. The number of nitrogens with one attached hydrogen (secondary N) is 1. The molecule has 1 heterocycles. The van der Waals surface area contributed by atoms with Crippen LogP contribution in [0.4, 0.5) is 5.95 Å². The topological polar surface area (TPSA) is 73.2 Å². The lowest BCUT2D eigenvalue weighted by Crippen LogP contribution is -2.19. The van der Waals surface area contributed by atoms with Crippen LogP contribution in [-0.4, -0.2) is 50.2 Å². The monoisotopic (exact) mass is 261 g/mol. The van der Waals surface area contributed by atoms with Gasteiger partial charge in [-0.1, -0.05) is 0 Å². The maximum atomic E-state index is 11.2. The highest BCUT2D eigenvalue weighted by molar-refractivity contribution is 7.90. The van der Waals surface area contributed by atoms with Gasteiger partial charge in [-0.15, -0.1) is 0 Å². The number of hydrogen-bond donors (Lipinski definition) is 1. The van der Waals surface area contributed by atoms with Crippen LogP contribution < -0.4 is 5.32 Å². The van der Waals surface area contributed by atoms with Crippen LogP contribution in [0.5, 0.6) is 0 Å². The second-order valence-electron chi connectivity index (χ2n) is 4.02. The van der Waals surface area contributed by atoms with Gasteiger partial charge in [-0.05, 0) is 6.92 Å². The molecular weight excluding hydrogens is 242 g/mol.